The molecular weight excluding hydrogens is 1140 g/mol. The van der Waals surface area contributed by atoms with Gasteiger partial charge in [0.05, 0.1) is 19.2 Å². The molecule has 498 valence electrons. The lowest BCUT2D eigenvalue weighted by atomic mass is 10.0. The second-order valence-corrected chi connectivity index (χ2v) is 24.8. The van der Waals surface area contributed by atoms with Crippen molar-refractivity contribution in [1.82, 2.24) is 69.1 Å². The third kappa shape index (κ3) is 38.8. The molecule has 31 heteroatoms. The van der Waals surface area contributed by atoms with Crippen LogP contribution in [0.15, 0.2) is 0 Å². The summed E-state index contributed by atoms with van der Waals surface area (Å²) in [4.78, 5) is 172. The van der Waals surface area contributed by atoms with Crippen molar-refractivity contribution in [2.45, 2.75) is 227 Å². The number of nitrogens with one attached hydrogen (secondary N) is 13. The molecule has 7 atom stereocenters. The van der Waals surface area contributed by atoms with Gasteiger partial charge in [0, 0.05) is 39.1 Å². The first-order chi connectivity index (χ1) is 40.0. The lowest BCUT2D eigenvalue weighted by Crippen LogP contribution is -2.60. The zero-order valence-electron chi connectivity index (χ0n) is 53.9. The number of carbonyl (C=O) groups is 13. The maximum atomic E-state index is 14.3. The number of alkyl carbamates (subject to hydrolysis) is 4. The van der Waals surface area contributed by atoms with Gasteiger partial charge in [0.15, 0.2) is 0 Å². The molecule has 31 nitrogen and oxygen atoms in total. The Labute approximate surface area is 510 Å². The summed E-state index contributed by atoms with van der Waals surface area (Å²) in [7, 11) is 0. The van der Waals surface area contributed by atoms with Crippen LogP contribution >= 0.6 is 0 Å². The third-order valence-corrected chi connectivity index (χ3v) is 11.1. The normalized spacial score (nSPS) is 14.0. The predicted molar refractivity (Wildman–Crippen MR) is 318 cm³/mol. The van der Waals surface area contributed by atoms with Gasteiger partial charge in [-0.05, 0) is 141 Å². The first-order valence-corrected chi connectivity index (χ1v) is 29.2. The van der Waals surface area contributed by atoms with E-state index in [4.69, 9.17) is 18.9 Å². The molecule has 0 fully saturated rings. The van der Waals surface area contributed by atoms with Gasteiger partial charge < -0.3 is 93.2 Å². The minimum Gasteiger partial charge on any atom is -0.444 e. The Bertz CT molecular complexity index is 2310. The van der Waals surface area contributed by atoms with Crippen LogP contribution in [0, 0.1) is 5.92 Å². The molecular formula is C56H101N13O18. The zero-order chi connectivity index (χ0) is 67.0. The van der Waals surface area contributed by atoms with Crippen molar-refractivity contribution < 1.29 is 86.4 Å². The van der Waals surface area contributed by atoms with Crippen LogP contribution in [0.5, 0.6) is 0 Å². The lowest BCUT2D eigenvalue weighted by molar-refractivity contribution is -0.135. The van der Waals surface area contributed by atoms with Crippen LogP contribution in [0.3, 0.4) is 0 Å². The molecule has 14 N–H and O–H groups in total. The maximum absolute atomic E-state index is 14.3. The monoisotopic (exact) mass is 1240 g/mol. The average Bonchev–Trinajstić information content (AvgIpc) is 3.50. The molecule has 0 aliphatic heterocycles. The second kappa shape index (κ2) is 38.4. The molecule has 0 saturated carbocycles. The zero-order valence-corrected chi connectivity index (χ0v) is 53.9. The molecule has 0 bridgehead atoms. The summed E-state index contributed by atoms with van der Waals surface area (Å²) in [6.45, 7) is 25.5. The van der Waals surface area contributed by atoms with Crippen LogP contribution in [0.4, 0.5) is 19.2 Å². The van der Waals surface area contributed by atoms with Gasteiger partial charge in [0.1, 0.15) is 58.7 Å². The summed E-state index contributed by atoms with van der Waals surface area (Å²) in [5.41, 5.74) is -3.50. The fourth-order valence-corrected chi connectivity index (χ4v) is 7.36. The number of hydrogen-bond donors (Lipinski definition) is 14. The summed E-state index contributed by atoms with van der Waals surface area (Å²) in [5.74, 6) is -7.96. The van der Waals surface area contributed by atoms with Crippen molar-refractivity contribution in [3.05, 3.63) is 0 Å². The number of ether oxygens (including phenoxy) is 4. The summed E-state index contributed by atoms with van der Waals surface area (Å²) in [5, 5.41) is 42.8. The van der Waals surface area contributed by atoms with E-state index >= 15 is 0 Å². The highest BCUT2D eigenvalue weighted by molar-refractivity contribution is 5.97. The Hall–Kier alpha value is -7.73. The van der Waals surface area contributed by atoms with Crippen molar-refractivity contribution in [3.8, 4) is 0 Å². The minimum atomic E-state index is -1.57. The lowest BCUT2D eigenvalue weighted by Gasteiger charge is -2.28. The maximum Gasteiger partial charge on any atom is 0.407 e. The number of hydrogen-bond acceptors (Lipinski definition) is 18. The van der Waals surface area contributed by atoms with E-state index in [9.17, 15) is 67.4 Å². The van der Waals surface area contributed by atoms with Crippen molar-refractivity contribution in [1.29, 1.82) is 0 Å². The molecule has 0 aromatic heterocycles. The second-order valence-electron chi connectivity index (χ2n) is 24.8. The minimum absolute atomic E-state index is 0.0396. The first-order valence-electron chi connectivity index (χ1n) is 29.2. The van der Waals surface area contributed by atoms with E-state index in [2.05, 4.69) is 69.1 Å². The molecule has 0 aliphatic carbocycles. The van der Waals surface area contributed by atoms with E-state index in [1.165, 1.54) is 6.92 Å². The summed E-state index contributed by atoms with van der Waals surface area (Å²) in [6, 6.07) is -8.67. The van der Waals surface area contributed by atoms with E-state index in [1.54, 1.807) is 111 Å². The molecule has 0 rings (SSSR count). The summed E-state index contributed by atoms with van der Waals surface area (Å²) >= 11 is 0. The molecule has 0 unspecified atom stereocenters. The van der Waals surface area contributed by atoms with Gasteiger partial charge in [-0.25, -0.2) is 19.2 Å². The molecule has 87 heavy (non-hydrogen) atoms. The van der Waals surface area contributed by atoms with Gasteiger partial charge in [0.2, 0.25) is 53.2 Å². The largest absolute Gasteiger partial charge is 0.444 e. The molecule has 0 heterocycles. The van der Waals surface area contributed by atoms with E-state index in [0.29, 0.717) is 6.42 Å². The van der Waals surface area contributed by atoms with Crippen LogP contribution in [-0.4, -0.2) is 193 Å². The fraction of sp³-hybridized carbons (Fsp3) is 0.768. The average molecular weight is 1240 g/mol. The molecule has 0 spiro atoms. The van der Waals surface area contributed by atoms with Crippen molar-refractivity contribution in [2.24, 2.45) is 5.92 Å². The van der Waals surface area contributed by atoms with Gasteiger partial charge in [-0.1, -0.05) is 20.8 Å². The van der Waals surface area contributed by atoms with Gasteiger partial charge in [-0.3, -0.25) is 43.2 Å². The van der Waals surface area contributed by atoms with Gasteiger partial charge >= 0.3 is 24.4 Å². The van der Waals surface area contributed by atoms with Gasteiger partial charge in [-0.15, -0.1) is 0 Å². The van der Waals surface area contributed by atoms with Crippen molar-refractivity contribution in [2.75, 3.05) is 45.8 Å². The Kier molecular flexibility index (Phi) is 35.0. The Balaban J connectivity index is 6.76. The SMILES string of the molecule is CCCC(=O)N[C@@H](CCNC(=O)OC(C)(C)C)C(=O)NCC(=O)N[C@@H](CCNC(=O)OC(C)(C)C)C(=O)NCC(=O)N[C@@H](CC(C)C)C(=O)N[C@@H](CCNC(=O)OC(C)(C)C)C(=O)N[C@@H](CCNC(=O)OC(C)(C)C)C(=O)N[C@H](C(=O)NCC)[C@@H](C)O. The van der Waals surface area contributed by atoms with Crippen molar-refractivity contribution >= 4 is 77.5 Å². The number of amides is 13. The molecule has 0 aromatic carbocycles. The highest BCUT2D eigenvalue weighted by atomic mass is 16.6. The standard InChI is InChI=1S/C56H101N13O18/c1-18-20-39(71)64-34(21-25-58-49(80)84-53(6,7)8)43(74)62-30-40(72)65-35(22-26-59-50(81)85-54(9,10)11)44(75)63-31-41(73)66-38(29-32(3)4)47(78)68-36(23-27-60-51(82)86-55(12,13)14)45(76)67-37(24-28-61-52(83)87-56(15,16)17)46(77)69-42(33(5)70)48(79)57-19-2/h32-38,42,70H,18-31H2,1-17H3,(H,57,79)(H,58,80)(H,59,81)(H,60,82)(H,61,83)(H,62,74)(H,63,75)(H,64,71)(H,65,72)(H,66,73)(H,67,76)(H,68,78)(H,69,77)/t33-,34+,35+,36+,37+,38+,42+/m1/s1. The van der Waals surface area contributed by atoms with Gasteiger partial charge in [0.25, 0.3) is 0 Å². The Morgan fingerprint density at radius 1 is 0.368 bits per heavy atom. The first kappa shape index (κ1) is 79.3. The highest BCUT2D eigenvalue weighted by Gasteiger charge is 2.34. The molecule has 0 aliphatic rings. The van der Waals surface area contributed by atoms with Crippen LogP contribution in [-0.2, 0) is 62.1 Å². The van der Waals surface area contributed by atoms with Crippen LogP contribution in [0.2, 0.25) is 0 Å². The van der Waals surface area contributed by atoms with Gasteiger partial charge in [-0.2, -0.15) is 0 Å². The highest BCUT2D eigenvalue weighted by Crippen LogP contribution is 2.12. The summed E-state index contributed by atoms with van der Waals surface area (Å²) < 4.78 is 21.1. The van der Waals surface area contributed by atoms with E-state index in [-0.39, 0.29) is 77.2 Å². The number of carbonyl (C=O) groups excluding carboxylic acids is 13. The van der Waals surface area contributed by atoms with E-state index in [1.807, 2.05) is 0 Å². The summed E-state index contributed by atoms with van der Waals surface area (Å²) in [6.07, 6.45) is -5.25. The number of aliphatic hydroxyl groups is 1. The smallest absolute Gasteiger partial charge is 0.407 e. The van der Waals surface area contributed by atoms with E-state index in [0.717, 1.165) is 0 Å². The number of likely N-dealkylation sites (N-methyl/N-ethyl adjacent to an activating group) is 1. The van der Waals surface area contributed by atoms with Crippen molar-refractivity contribution in [3.63, 3.8) is 0 Å². The molecule has 0 radical (unpaired) electrons. The van der Waals surface area contributed by atoms with Crippen LogP contribution < -0.4 is 69.1 Å². The topological polar surface area (TPSA) is 435 Å². The Morgan fingerprint density at radius 3 is 0.966 bits per heavy atom. The van der Waals surface area contributed by atoms with Crippen LogP contribution in [0.25, 0.3) is 0 Å². The Morgan fingerprint density at radius 2 is 0.667 bits per heavy atom. The van der Waals surface area contributed by atoms with E-state index < -0.39 is 155 Å². The number of aliphatic hydroxyl groups excluding tert-OH is 1. The predicted octanol–water partition coefficient (Wildman–Crippen LogP) is 0.150. The van der Waals surface area contributed by atoms with Crippen LogP contribution in [0.1, 0.15) is 163 Å². The molecule has 13 amide bonds. The third-order valence-electron chi connectivity index (χ3n) is 11.1. The fourth-order valence-electron chi connectivity index (χ4n) is 7.36. The quantitative estimate of drug-likeness (QED) is 0.0381. The molecule has 0 aromatic rings. The number of rotatable bonds is 34. The molecule has 0 saturated heterocycles.